The minimum absolute atomic E-state index is 0.134. The molecule has 0 aromatic heterocycles. The summed E-state index contributed by atoms with van der Waals surface area (Å²) in [5.74, 6) is -0.361. The predicted octanol–water partition coefficient (Wildman–Crippen LogP) is 4.05. The maximum absolute atomic E-state index is 12.5. The van der Waals surface area contributed by atoms with Crippen LogP contribution in [0.4, 0.5) is 13.2 Å². The third-order valence-corrected chi connectivity index (χ3v) is 5.96. The highest BCUT2D eigenvalue weighted by molar-refractivity contribution is 5.32. The quantitative estimate of drug-likeness (QED) is 0.783. The minimum Gasteiger partial charge on any atom is -0.406 e. The summed E-state index contributed by atoms with van der Waals surface area (Å²) in [5.41, 5.74) is 0.0555. The number of nitrogens with zero attached hydrogens (tertiary/aromatic N) is 1. The Morgan fingerprint density at radius 2 is 1.68 bits per heavy atom. The second-order valence-electron chi connectivity index (χ2n) is 8.52. The standard InChI is InChI=1S/C21H31F3N2O2/c1-15-12-26(13-16(2)25-15)14-19(20(27)10-4-3-5-11-20)17-6-8-18(9-7-17)28-21(22,23)24/h6-9,15-16,19,25,27H,3-5,10-14H2,1-2H3/t15-,16+,19?. The summed E-state index contributed by atoms with van der Waals surface area (Å²) in [6.07, 6.45) is -0.150. The van der Waals surface area contributed by atoms with Gasteiger partial charge in [-0.15, -0.1) is 13.2 Å². The molecule has 28 heavy (non-hydrogen) atoms. The second-order valence-corrected chi connectivity index (χ2v) is 8.52. The van der Waals surface area contributed by atoms with Gasteiger partial charge in [0.1, 0.15) is 5.75 Å². The average molecular weight is 400 g/mol. The third-order valence-electron chi connectivity index (χ3n) is 5.96. The van der Waals surface area contributed by atoms with Crippen molar-refractivity contribution in [3.05, 3.63) is 29.8 Å². The first-order chi connectivity index (χ1) is 13.1. The average Bonchev–Trinajstić information content (AvgIpc) is 2.59. The Labute approximate surface area is 165 Å². The summed E-state index contributed by atoms with van der Waals surface area (Å²) in [5, 5.41) is 15.0. The van der Waals surface area contributed by atoms with E-state index in [1.165, 1.54) is 12.1 Å². The van der Waals surface area contributed by atoms with Gasteiger partial charge in [0.2, 0.25) is 0 Å². The molecule has 1 saturated heterocycles. The van der Waals surface area contributed by atoms with Crippen LogP contribution in [0.15, 0.2) is 24.3 Å². The summed E-state index contributed by atoms with van der Waals surface area (Å²) in [7, 11) is 0. The topological polar surface area (TPSA) is 44.7 Å². The molecule has 0 spiro atoms. The highest BCUT2D eigenvalue weighted by Crippen LogP contribution is 2.41. The zero-order valence-electron chi connectivity index (χ0n) is 16.6. The maximum Gasteiger partial charge on any atom is 0.573 e. The van der Waals surface area contributed by atoms with E-state index < -0.39 is 12.0 Å². The van der Waals surface area contributed by atoms with Gasteiger partial charge in [-0.3, -0.25) is 4.90 Å². The number of hydrogen-bond acceptors (Lipinski definition) is 4. The van der Waals surface area contributed by atoms with E-state index in [1.54, 1.807) is 12.1 Å². The van der Waals surface area contributed by atoms with Gasteiger partial charge in [-0.25, -0.2) is 0 Å². The molecule has 0 radical (unpaired) electrons. The Hall–Kier alpha value is -1.31. The van der Waals surface area contributed by atoms with Crippen molar-refractivity contribution in [1.82, 2.24) is 10.2 Å². The van der Waals surface area contributed by atoms with Crippen LogP contribution < -0.4 is 10.1 Å². The van der Waals surface area contributed by atoms with E-state index in [2.05, 4.69) is 28.8 Å². The molecule has 2 aliphatic rings. The lowest BCUT2D eigenvalue weighted by Gasteiger charge is -2.44. The molecule has 0 amide bonds. The van der Waals surface area contributed by atoms with Crippen LogP contribution >= 0.6 is 0 Å². The van der Waals surface area contributed by atoms with Crippen molar-refractivity contribution >= 4 is 0 Å². The van der Waals surface area contributed by atoms with E-state index in [4.69, 9.17) is 0 Å². The molecule has 2 fully saturated rings. The largest absolute Gasteiger partial charge is 0.573 e. The smallest absolute Gasteiger partial charge is 0.406 e. The van der Waals surface area contributed by atoms with Crippen molar-refractivity contribution in [3.63, 3.8) is 0 Å². The number of rotatable bonds is 5. The van der Waals surface area contributed by atoms with Crippen molar-refractivity contribution in [2.75, 3.05) is 19.6 Å². The predicted molar refractivity (Wildman–Crippen MR) is 102 cm³/mol. The summed E-state index contributed by atoms with van der Waals surface area (Å²) in [4.78, 5) is 2.36. The van der Waals surface area contributed by atoms with Crippen molar-refractivity contribution in [2.24, 2.45) is 0 Å². The summed E-state index contributed by atoms with van der Waals surface area (Å²) in [6.45, 7) is 6.79. The normalized spacial score (nSPS) is 27.4. The second kappa shape index (κ2) is 8.59. The van der Waals surface area contributed by atoms with Gasteiger partial charge in [-0.05, 0) is 44.4 Å². The first-order valence-corrected chi connectivity index (χ1v) is 10.2. The molecule has 1 aromatic rings. The van der Waals surface area contributed by atoms with E-state index >= 15 is 0 Å². The summed E-state index contributed by atoms with van der Waals surface area (Å²) < 4.78 is 41.4. The molecule has 0 bridgehead atoms. The number of benzene rings is 1. The number of halogens is 3. The van der Waals surface area contributed by atoms with Crippen LogP contribution in [-0.4, -0.2) is 53.7 Å². The van der Waals surface area contributed by atoms with Crippen LogP contribution in [0, 0.1) is 0 Å². The Morgan fingerprint density at radius 3 is 2.21 bits per heavy atom. The van der Waals surface area contributed by atoms with Crippen molar-refractivity contribution in [1.29, 1.82) is 0 Å². The highest BCUT2D eigenvalue weighted by atomic mass is 19.4. The van der Waals surface area contributed by atoms with Gasteiger partial charge in [-0.1, -0.05) is 31.4 Å². The molecule has 1 heterocycles. The van der Waals surface area contributed by atoms with E-state index in [-0.39, 0.29) is 11.7 Å². The molecule has 1 aromatic carbocycles. The van der Waals surface area contributed by atoms with Gasteiger partial charge in [0.15, 0.2) is 0 Å². The van der Waals surface area contributed by atoms with Crippen LogP contribution in [0.25, 0.3) is 0 Å². The Morgan fingerprint density at radius 1 is 1.11 bits per heavy atom. The minimum atomic E-state index is -4.70. The molecular formula is C21H31F3N2O2. The van der Waals surface area contributed by atoms with Crippen LogP contribution in [0.5, 0.6) is 5.75 Å². The fraction of sp³-hybridized carbons (Fsp3) is 0.714. The molecular weight excluding hydrogens is 369 g/mol. The van der Waals surface area contributed by atoms with Gasteiger partial charge < -0.3 is 15.2 Å². The van der Waals surface area contributed by atoms with Gasteiger partial charge in [-0.2, -0.15) is 0 Å². The van der Waals surface area contributed by atoms with Crippen molar-refractivity contribution in [3.8, 4) is 5.75 Å². The number of piperazine rings is 1. The fourth-order valence-corrected chi connectivity index (χ4v) is 4.85. The maximum atomic E-state index is 12.5. The van der Waals surface area contributed by atoms with Crippen molar-refractivity contribution < 1.29 is 23.0 Å². The number of hydrogen-bond donors (Lipinski definition) is 2. The lowest BCUT2D eigenvalue weighted by atomic mass is 9.72. The molecule has 1 unspecified atom stereocenters. The van der Waals surface area contributed by atoms with Gasteiger partial charge in [0, 0.05) is 37.6 Å². The molecule has 4 nitrogen and oxygen atoms in total. The summed E-state index contributed by atoms with van der Waals surface area (Å²) >= 11 is 0. The first-order valence-electron chi connectivity index (χ1n) is 10.2. The van der Waals surface area contributed by atoms with Gasteiger partial charge in [0.05, 0.1) is 5.60 Å². The first kappa shape index (κ1) is 21.4. The van der Waals surface area contributed by atoms with Crippen molar-refractivity contribution in [2.45, 2.75) is 75.9 Å². The van der Waals surface area contributed by atoms with E-state index in [0.29, 0.717) is 18.6 Å². The molecule has 3 atom stereocenters. The number of ether oxygens (including phenoxy) is 1. The molecule has 2 N–H and O–H groups in total. The van der Waals surface area contributed by atoms with Crippen LogP contribution in [0.3, 0.4) is 0 Å². The monoisotopic (exact) mass is 400 g/mol. The van der Waals surface area contributed by atoms with Crippen LogP contribution in [-0.2, 0) is 0 Å². The number of alkyl halides is 3. The Kier molecular flexibility index (Phi) is 6.57. The molecule has 1 aliphatic heterocycles. The number of nitrogens with one attached hydrogen (secondary N) is 1. The lowest BCUT2D eigenvalue weighted by molar-refractivity contribution is -0.274. The van der Waals surface area contributed by atoms with E-state index in [0.717, 1.165) is 50.8 Å². The number of aliphatic hydroxyl groups is 1. The van der Waals surface area contributed by atoms with E-state index in [1.807, 2.05) is 0 Å². The molecule has 158 valence electrons. The fourth-order valence-electron chi connectivity index (χ4n) is 4.85. The third kappa shape index (κ3) is 5.61. The van der Waals surface area contributed by atoms with Crippen LogP contribution in [0.2, 0.25) is 0 Å². The highest BCUT2D eigenvalue weighted by Gasteiger charge is 2.40. The SMILES string of the molecule is C[C@@H]1CN(CC(c2ccc(OC(F)(F)F)cc2)C2(O)CCCCC2)C[C@H](C)N1. The Bertz CT molecular complexity index is 620. The van der Waals surface area contributed by atoms with Gasteiger partial charge in [0.25, 0.3) is 0 Å². The zero-order chi connectivity index (χ0) is 20.4. The van der Waals surface area contributed by atoms with Gasteiger partial charge >= 0.3 is 6.36 Å². The Balaban J connectivity index is 1.81. The lowest BCUT2D eigenvalue weighted by Crippen LogP contribution is -2.56. The molecule has 7 heteroatoms. The zero-order valence-corrected chi connectivity index (χ0v) is 16.6. The van der Waals surface area contributed by atoms with Crippen LogP contribution in [0.1, 0.15) is 57.4 Å². The molecule has 1 saturated carbocycles. The molecule has 3 rings (SSSR count). The van der Waals surface area contributed by atoms with E-state index in [9.17, 15) is 18.3 Å². The molecule has 1 aliphatic carbocycles. The summed E-state index contributed by atoms with van der Waals surface area (Å²) in [6, 6.07) is 6.79.